The van der Waals surface area contributed by atoms with Crippen LogP contribution in [-0.4, -0.2) is 21.3 Å². The summed E-state index contributed by atoms with van der Waals surface area (Å²) < 4.78 is 2.27. The Hall–Kier alpha value is -5.41. The number of nitro groups is 1. The van der Waals surface area contributed by atoms with E-state index in [1.165, 1.54) is 36.0 Å². The van der Waals surface area contributed by atoms with Crippen molar-refractivity contribution in [1.29, 1.82) is 0 Å². The molecule has 6 rings (SSSR count). The molecule has 0 fully saturated rings. The number of fused-ring (bicyclic) bond motifs is 3. The molecule has 1 aromatic heterocycles. The minimum Gasteiger partial charge on any atom is -0.341 e. The molecule has 0 aliphatic carbocycles. The van der Waals surface area contributed by atoms with Crippen LogP contribution < -0.4 is 10.6 Å². The van der Waals surface area contributed by atoms with Gasteiger partial charge >= 0.3 is 0 Å². The predicted molar refractivity (Wildman–Crippen MR) is 176 cm³/mol. The number of nitrogens with zero attached hydrogens (tertiary/aromatic N) is 2. The molecule has 9 heteroatoms. The molecule has 5 aromatic carbocycles. The van der Waals surface area contributed by atoms with Gasteiger partial charge in [0.15, 0.2) is 0 Å². The molecule has 218 valence electrons. The molecular formula is C35H28N4O4S. The number of nitro benzene ring substituents is 1. The lowest BCUT2D eigenvalue weighted by Crippen LogP contribution is -2.19. The lowest BCUT2D eigenvalue weighted by Gasteiger charge is -2.18. The first-order chi connectivity index (χ1) is 21.4. The van der Waals surface area contributed by atoms with E-state index >= 15 is 0 Å². The van der Waals surface area contributed by atoms with Gasteiger partial charge in [-0.15, -0.1) is 11.8 Å². The number of rotatable bonds is 9. The van der Waals surface area contributed by atoms with Gasteiger partial charge in [0.1, 0.15) is 5.25 Å². The van der Waals surface area contributed by atoms with Crippen molar-refractivity contribution >= 4 is 62.4 Å². The smallest absolute Gasteiger partial charge is 0.269 e. The number of carbonyl (C=O) groups is 2. The van der Waals surface area contributed by atoms with Crippen LogP contribution in [-0.2, 0) is 11.3 Å². The Balaban J connectivity index is 1.24. The number of nitrogens with one attached hydrogen (secondary N) is 2. The van der Waals surface area contributed by atoms with E-state index in [0.717, 1.165) is 38.8 Å². The summed E-state index contributed by atoms with van der Waals surface area (Å²) in [5, 5.41) is 18.6. The number of hydrogen-bond acceptors (Lipinski definition) is 5. The number of anilines is 2. The first-order valence-electron chi connectivity index (χ1n) is 14.1. The third-order valence-electron chi connectivity index (χ3n) is 7.38. The topological polar surface area (TPSA) is 106 Å². The molecule has 0 saturated carbocycles. The number of non-ortho nitro benzene ring substituents is 1. The summed E-state index contributed by atoms with van der Waals surface area (Å²) >= 11 is 1.38. The van der Waals surface area contributed by atoms with E-state index < -0.39 is 10.2 Å². The fourth-order valence-corrected chi connectivity index (χ4v) is 6.39. The van der Waals surface area contributed by atoms with Gasteiger partial charge in [0, 0.05) is 62.3 Å². The zero-order chi connectivity index (χ0) is 30.6. The Kier molecular flexibility index (Phi) is 8.12. The van der Waals surface area contributed by atoms with Gasteiger partial charge in [0.2, 0.25) is 5.91 Å². The van der Waals surface area contributed by atoms with Crippen molar-refractivity contribution in [3.63, 3.8) is 0 Å². The molecular weight excluding hydrogens is 572 g/mol. The third-order valence-corrected chi connectivity index (χ3v) is 8.63. The largest absolute Gasteiger partial charge is 0.341 e. The maximum atomic E-state index is 13.8. The van der Waals surface area contributed by atoms with Gasteiger partial charge in [-0.2, -0.15) is 0 Å². The van der Waals surface area contributed by atoms with Crippen molar-refractivity contribution in [2.75, 3.05) is 10.6 Å². The summed E-state index contributed by atoms with van der Waals surface area (Å²) in [6, 6.07) is 36.6. The van der Waals surface area contributed by atoms with E-state index in [1.807, 2.05) is 72.8 Å². The highest BCUT2D eigenvalue weighted by molar-refractivity contribution is 8.00. The Labute approximate surface area is 257 Å². The van der Waals surface area contributed by atoms with Crippen LogP contribution in [0.15, 0.2) is 126 Å². The Morgan fingerprint density at radius 3 is 2.23 bits per heavy atom. The molecule has 1 heterocycles. The summed E-state index contributed by atoms with van der Waals surface area (Å²) in [7, 11) is 0. The average molecular weight is 601 g/mol. The molecule has 2 N–H and O–H groups in total. The maximum Gasteiger partial charge on any atom is 0.269 e. The zero-order valence-electron chi connectivity index (χ0n) is 23.8. The van der Waals surface area contributed by atoms with E-state index in [-0.39, 0.29) is 17.5 Å². The van der Waals surface area contributed by atoms with Crippen LogP contribution in [0.2, 0.25) is 0 Å². The van der Waals surface area contributed by atoms with Crippen molar-refractivity contribution in [3.8, 4) is 0 Å². The fraction of sp³-hybridized carbons (Fsp3) is 0.0857. The quantitative estimate of drug-likeness (QED) is 0.0984. The fourth-order valence-electron chi connectivity index (χ4n) is 5.30. The van der Waals surface area contributed by atoms with Crippen LogP contribution in [0.25, 0.3) is 21.8 Å². The summed E-state index contributed by atoms with van der Waals surface area (Å²) in [6.45, 7) is 2.97. The van der Waals surface area contributed by atoms with E-state index in [0.29, 0.717) is 16.9 Å². The highest BCUT2D eigenvalue weighted by Gasteiger charge is 2.23. The molecule has 2 amide bonds. The van der Waals surface area contributed by atoms with Crippen molar-refractivity contribution in [3.05, 3.63) is 143 Å². The number of benzene rings is 5. The van der Waals surface area contributed by atoms with E-state index in [2.05, 4.69) is 40.3 Å². The lowest BCUT2D eigenvalue weighted by atomic mass is 10.1. The number of carbonyl (C=O) groups excluding carboxylic acids is 2. The average Bonchev–Trinajstić information content (AvgIpc) is 3.37. The van der Waals surface area contributed by atoms with Gasteiger partial charge < -0.3 is 15.2 Å². The van der Waals surface area contributed by atoms with Crippen LogP contribution >= 0.6 is 11.8 Å². The molecule has 0 aliphatic rings. The molecule has 1 unspecified atom stereocenters. The molecule has 0 spiro atoms. The van der Waals surface area contributed by atoms with Gasteiger partial charge in [-0.3, -0.25) is 19.7 Å². The number of hydrogen-bond donors (Lipinski definition) is 2. The first kappa shape index (κ1) is 28.7. The minimum atomic E-state index is -0.565. The van der Waals surface area contributed by atoms with Gasteiger partial charge in [-0.05, 0) is 67.1 Å². The molecule has 1 atom stereocenters. The molecule has 8 nitrogen and oxygen atoms in total. The molecule has 0 aliphatic heterocycles. The SMILES string of the molecule is CCn1c2ccccc2c2cc(NC(=O)C(Sc3cccc(NC(=O)c4ccc([N+](=O)[O-])cc4)c3)c3ccccc3)ccc21. The third kappa shape index (κ3) is 5.91. The van der Waals surface area contributed by atoms with Crippen LogP contribution in [0.3, 0.4) is 0 Å². The lowest BCUT2D eigenvalue weighted by molar-refractivity contribution is -0.384. The summed E-state index contributed by atoms with van der Waals surface area (Å²) in [5.41, 5.74) is 4.60. The highest BCUT2D eigenvalue weighted by Crippen LogP contribution is 2.38. The Morgan fingerprint density at radius 1 is 0.773 bits per heavy atom. The number of aromatic nitrogens is 1. The van der Waals surface area contributed by atoms with Crippen molar-refractivity contribution in [2.24, 2.45) is 0 Å². The van der Waals surface area contributed by atoms with Crippen molar-refractivity contribution in [1.82, 2.24) is 4.57 Å². The summed E-state index contributed by atoms with van der Waals surface area (Å²) in [4.78, 5) is 37.9. The number of aryl methyl sites for hydroxylation is 1. The number of thioether (sulfide) groups is 1. The van der Waals surface area contributed by atoms with Crippen LogP contribution in [0.5, 0.6) is 0 Å². The second-order valence-electron chi connectivity index (χ2n) is 10.2. The standard InChI is InChI=1S/C35H28N4O4S/c1-2-38-31-14-7-6-13-29(31)30-22-26(17-20-32(30)38)37-35(41)33(23-9-4-3-5-10-23)44-28-12-8-11-25(21-28)36-34(40)24-15-18-27(19-16-24)39(42)43/h3-22,33H,2H2,1H3,(H,36,40)(H,37,41). The number of para-hydroxylation sites is 1. The van der Waals surface area contributed by atoms with Gasteiger partial charge in [-0.1, -0.05) is 54.6 Å². The maximum absolute atomic E-state index is 13.8. The molecule has 0 radical (unpaired) electrons. The Morgan fingerprint density at radius 2 is 1.48 bits per heavy atom. The van der Waals surface area contributed by atoms with Crippen LogP contribution in [0.4, 0.5) is 17.1 Å². The first-order valence-corrected chi connectivity index (χ1v) is 15.0. The summed E-state index contributed by atoms with van der Waals surface area (Å²) in [5.74, 6) is -0.556. The monoisotopic (exact) mass is 600 g/mol. The van der Waals surface area contributed by atoms with Crippen molar-refractivity contribution in [2.45, 2.75) is 23.6 Å². The second kappa shape index (κ2) is 12.4. The normalized spacial score (nSPS) is 11.8. The minimum absolute atomic E-state index is 0.0854. The highest BCUT2D eigenvalue weighted by atomic mass is 32.2. The molecule has 0 saturated heterocycles. The van der Waals surface area contributed by atoms with E-state index in [4.69, 9.17) is 0 Å². The second-order valence-corrected chi connectivity index (χ2v) is 11.4. The van der Waals surface area contributed by atoms with Gasteiger partial charge in [-0.25, -0.2) is 0 Å². The zero-order valence-corrected chi connectivity index (χ0v) is 24.6. The predicted octanol–water partition coefficient (Wildman–Crippen LogP) is 8.45. The van der Waals surface area contributed by atoms with Crippen LogP contribution in [0.1, 0.15) is 28.1 Å². The summed E-state index contributed by atoms with van der Waals surface area (Å²) in [6.07, 6.45) is 0. The molecule has 44 heavy (non-hydrogen) atoms. The van der Waals surface area contributed by atoms with Gasteiger partial charge in [0.25, 0.3) is 11.6 Å². The molecule has 6 aromatic rings. The van der Waals surface area contributed by atoms with Crippen LogP contribution in [0, 0.1) is 10.1 Å². The molecule has 0 bridgehead atoms. The number of amides is 2. The van der Waals surface area contributed by atoms with Gasteiger partial charge in [0.05, 0.1) is 4.92 Å². The van der Waals surface area contributed by atoms with Crippen molar-refractivity contribution < 1.29 is 14.5 Å². The van der Waals surface area contributed by atoms with E-state index in [1.54, 1.807) is 6.07 Å². The van der Waals surface area contributed by atoms with E-state index in [9.17, 15) is 19.7 Å². The Bertz CT molecular complexity index is 2010.